The van der Waals surface area contributed by atoms with Crippen LogP contribution in [0, 0.1) is 0 Å². The number of sulfonamides is 1. The molecule has 19 heavy (non-hydrogen) atoms. The van der Waals surface area contributed by atoms with E-state index in [2.05, 4.69) is 10.0 Å². The molecule has 0 fully saturated rings. The molecule has 0 radical (unpaired) electrons. The first-order valence-corrected chi connectivity index (χ1v) is 8.23. The Morgan fingerprint density at radius 2 is 2.16 bits per heavy atom. The van der Waals surface area contributed by atoms with Crippen molar-refractivity contribution in [2.75, 3.05) is 13.1 Å². The Hall–Kier alpha value is -1.03. The summed E-state index contributed by atoms with van der Waals surface area (Å²) in [6.45, 7) is 2.14. The Bertz CT molecular complexity index is 566. The minimum absolute atomic E-state index is 0.0820. The number of rotatable bonds is 7. The van der Waals surface area contributed by atoms with Gasteiger partial charge in [-0.05, 0) is 18.6 Å². The molecule has 9 heteroatoms. The molecule has 6 nitrogen and oxygen atoms in total. The van der Waals surface area contributed by atoms with E-state index in [0.29, 0.717) is 11.4 Å². The lowest BCUT2D eigenvalue weighted by atomic mass is 10.5. The minimum Gasteiger partial charge on any atom is -0.389 e. The van der Waals surface area contributed by atoms with Crippen LogP contribution in [-0.4, -0.2) is 32.4 Å². The predicted octanol–water partition coefficient (Wildman–Crippen LogP) is 0.187. The summed E-state index contributed by atoms with van der Waals surface area (Å²) < 4.78 is 26.1. The highest BCUT2D eigenvalue weighted by molar-refractivity contribution is 7.91. The molecule has 0 aliphatic heterocycles. The first-order valence-electron chi connectivity index (χ1n) is 5.53. The average Bonchev–Trinajstić information content (AvgIpc) is 2.84. The Labute approximate surface area is 121 Å². The maximum Gasteiger partial charge on any atom is 0.250 e. The molecule has 1 amide bonds. The molecule has 0 aliphatic rings. The normalized spacial score (nSPS) is 11.2. The summed E-state index contributed by atoms with van der Waals surface area (Å²) in [7, 11) is -3.70. The van der Waals surface area contributed by atoms with Crippen molar-refractivity contribution in [2.24, 2.45) is 5.73 Å². The lowest BCUT2D eigenvalue weighted by Crippen LogP contribution is -2.36. The summed E-state index contributed by atoms with van der Waals surface area (Å²) >= 11 is 5.73. The maximum absolute atomic E-state index is 11.9. The molecule has 0 saturated carbocycles. The van der Waals surface area contributed by atoms with Gasteiger partial charge in [0.25, 0.3) is 10.0 Å². The zero-order valence-electron chi connectivity index (χ0n) is 10.3. The van der Waals surface area contributed by atoms with E-state index in [1.165, 1.54) is 6.07 Å². The minimum atomic E-state index is -3.70. The molecule has 0 aliphatic carbocycles. The third kappa shape index (κ3) is 4.86. The highest BCUT2D eigenvalue weighted by atomic mass is 32.2. The molecule has 0 unspecified atom stereocenters. The second-order valence-corrected chi connectivity index (χ2v) is 7.17. The lowest BCUT2D eigenvalue weighted by Gasteiger charge is -2.05. The monoisotopic (exact) mass is 321 g/mol. The Balaban J connectivity index is 2.65. The molecule has 1 aromatic heterocycles. The summed E-state index contributed by atoms with van der Waals surface area (Å²) in [4.78, 5) is 12.0. The zero-order chi connectivity index (χ0) is 14.5. The molecule has 0 aromatic carbocycles. The Morgan fingerprint density at radius 3 is 2.68 bits per heavy atom. The van der Waals surface area contributed by atoms with Crippen LogP contribution in [0.4, 0.5) is 0 Å². The topological polar surface area (TPSA) is 101 Å². The van der Waals surface area contributed by atoms with Crippen molar-refractivity contribution in [3.05, 3.63) is 17.0 Å². The molecule has 106 valence electrons. The first-order chi connectivity index (χ1) is 8.86. The third-order valence-corrected chi connectivity index (χ3v) is 5.44. The van der Waals surface area contributed by atoms with Gasteiger partial charge in [-0.25, -0.2) is 13.1 Å². The van der Waals surface area contributed by atoms with Crippen molar-refractivity contribution < 1.29 is 13.2 Å². The van der Waals surface area contributed by atoms with Crippen LogP contribution in [0.3, 0.4) is 0 Å². The molecule has 0 bridgehead atoms. The Morgan fingerprint density at radius 1 is 1.47 bits per heavy atom. The molecule has 1 heterocycles. The molecular formula is C10H15N3O3S3. The van der Waals surface area contributed by atoms with E-state index in [1.54, 1.807) is 6.07 Å². The van der Waals surface area contributed by atoms with Crippen LogP contribution >= 0.6 is 23.6 Å². The molecule has 4 N–H and O–H groups in total. The van der Waals surface area contributed by atoms with Crippen LogP contribution in [0.2, 0.25) is 0 Å². The quantitative estimate of drug-likeness (QED) is 0.622. The number of thiocarbonyl (C=S) groups is 1. The van der Waals surface area contributed by atoms with Gasteiger partial charge in [0.15, 0.2) is 0 Å². The van der Waals surface area contributed by atoms with Gasteiger partial charge in [0.05, 0.1) is 11.4 Å². The van der Waals surface area contributed by atoms with E-state index >= 15 is 0 Å². The molecule has 0 atom stereocenters. The summed E-state index contributed by atoms with van der Waals surface area (Å²) in [6.07, 6.45) is 0.792. The number of hydrogen-bond donors (Lipinski definition) is 3. The number of carbonyl (C=O) groups is 1. The van der Waals surface area contributed by atoms with Gasteiger partial charge in [-0.3, -0.25) is 4.79 Å². The van der Waals surface area contributed by atoms with E-state index < -0.39 is 10.0 Å². The van der Waals surface area contributed by atoms with Crippen LogP contribution in [0.15, 0.2) is 16.3 Å². The van der Waals surface area contributed by atoms with E-state index in [1.807, 2.05) is 6.92 Å². The average molecular weight is 321 g/mol. The highest BCUT2D eigenvalue weighted by Gasteiger charge is 2.18. The number of nitrogens with two attached hydrogens (primary N) is 1. The molecule has 0 spiro atoms. The fourth-order valence-corrected chi connectivity index (χ4v) is 3.53. The second-order valence-electron chi connectivity index (χ2n) is 3.66. The third-order valence-electron chi connectivity index (χ3n) is 2.08. The van der Waals surface area contributed by atoms with Crippen LogP contribution in [0.25, 0.3) is 0 Å². The highest BCUT2D eigenvalue weighted by Crippen LogP contribution is 2.21. The lowest BCUT2D eigenvalue weighted by molar-refractivity contribution is -0.119. The first kappa shape index (κ1) is 16.0. The maximum atomic E-state index is 11.9. The van der Waals surface area contributed by atoms with E-state index in [-0.39, 0.29) is 21.6 Å². The van der Waals surface area contributed by atoms with Gasteiger partial charge in [-0.2, -0.15) is 0 Å². The van der Waals surface area contributed by atoms with Gasteiger partial charge in [0.2, 0.25) is 5.91 Å². The van der Waals surface area contributed by atoms with Crippen molar-refractivity contribution in [3.63, 3.8) is 0 Å². The number of amides is 1. The van der Waals surface area contributed by atoms with E-state index in [9.17, 15) is 13.2 Å². The summed E-state index contributed by atoms with van der Waals surface area (Å²) in [5, 5.41) is 2.58. The molecular weight excluding hydrogens is 306 g/mol. The smallest absolute Gasteiger partial charge is 0.250 e. The van der Waals surface area contributed by atoms with Crippen LogP contribution in [0.5, 0.6) is 0 Å². The van der Waals surface area contributed by atoms with Gasteiger partial charge in [-0.1, -0.05) is 19.1 Å². The number of carbonyl (C=O) groups excluding carboxylic acids is 1. The van der Waals surface area contributed by atoms with Crippen molar-refractivity contribution >= 4 is 44.5 Å². The van der Waals surface area contributed by atoms with Crippen molar-refractivity contribution in [3.8, 4) is 0 Å². The predicted molar refractivity (Wildman–Crippen MR) is 78.7 cm³/mol. The number of hydrogen-bond acceptors (Lipinski definition) is 5. The standard InChI is InChI=1S/C10H15N3O3S3/c1-2-5-12-8(14)6-13-19(15,16)9-4-3-7(18-9)10(11)17/h3-4,13H,2,5-6H2,1H3,(H2,11,17)(H,12,14). The summed E-state index contributed by atoms with van der Waals surface area (Å²) in [6, 6.07) is 2.95. The van der Waals surface area contributed by atoms with Gasteiger partial charge in [-0.15, -0.1) is 11.3 Å². The molecule has 0 saturated heterocycles. The summed E-state index contributed by atoms with van der Waals surface area (Å²) in [5.74, 6) is -0.364. The molecule has 1 aromatic rings. The van der Waals surface area contributed by atoms with Crippen molar-refractivity contribution in [1.82, 2.24) is 10.0 Å². The second kappa shape index (κ2) is 6.94. The number of thiophene rings is 1. The fourth-order valence-electron chi connectivity index (χ4n) is 1.16. The number of nitrogens with one attached hydrogen (secondary N) is 2. The SMILES string of the molecule is CCCNC(=O)CNS(=O)(=O)c1ccc(C(N)=S)s1. The van der Waals surface area contributed by atoms with Gasteiger partial charge in [0.1, 0.15) is 9.20 Å². The van der Waals surface area contributed by atoms with E-state index in [0.717, 1.165) is 17.8 Å². The fraction of sp³-hybridized carbons (Fsp3) is 0.400. The van der Waals surface area contributed by atoms with Crippen LogP contribution in [-0.2, 0) is 14.8 Å². The zero-order valence-corrected chi connectivity index (χ0v) is 12.8. The van der Waals surface area contributed by atoms with Gasteiger partial charge < -0.3 is 11.1 Å². The van der Waals surface area contributed by atoms with Crippen molar-refractivity contribution in [2.45, 2.75) is 17.6 Å². The largest absolute Gasteiger partial charge is 0.389 e. The van der Waals surface area contributed by atoms with E-state index in [4.69, 9.17) is 18.0 Å². The van der Waals surface area contributed by atoms with Crippen LogP contribution < -0.4 is 15.8 Å². The molecule has 1 rings (SSSR count). The van der Waals surface area contributed by atoms with Crippen LogP contribution in [0.1, 0.15) is 18.2 Å². The van der Waals surface area contributed by atoms with Crippen molar-refractivity contribution in [1.29, 1.82) is 0 Å². The Kier molecular flexibility index (Phi) is 5.85. The van der Waals surface area contributed by atoms with Gasteiger partial charge in [0, 0.05) is 6.54 Å². The summed E-state index contributed by atoms with van der Waals surface area (Å²) in [5.41, 5.74) is 5.41. The van der Waals surface area contributed by atoms with Gasteiger partial charge >= 0.3 is 0 Å².